The fraction of sp³-hybridized carbons (Fsp3) is 0.529. The first-order chi connectivity index (χ1) is 11.1. The lowest BCUT2D eigenvalue weighted by Crippen LogP contribution is -2.48. The minimum Gasteiger partial charge on any atom is -0.354 e. The van der Waals surface area contributed by atoms with Crippen LogP contribution in [0.1, 0.15) is 18.9 Å². The van der Waals surface area contributed by atoms with Gasteiger partial charge in [0.1, 0.15) is 5.84 Å². The summed E-state index contributed by atoms with van der Waals surface area (Å²) < 4.78 is 0. The predicted molar refractivity (Wildman–Crippen MR) is 92.7 cm³/mol. The van der Waals surface area contributed by atoms with Gasteiger partial charge in [0.25, 0.3) is 5.91 Å². The van der Waals surface area contributed by atoms with Crippen molar-refractivity contribution in [2.24, 2.45) is 10.7 Å². The van der Waals surface area contributed by atoms with E-state index in [1.54, 1.807) is 4.90 Å². The molecule has 6 heteroatoms. The number of hydrogen-bond donors (Lipinski definition) is 1. The topological polar surface area (TPSA) is 65.2 Å². The first-order valence-electron chi connectivity index (χ1n) is 8.29. The highest BCUT2D eigenvalue weighted by molar-refractivity contribution is 6.11. The molecule has 0 saturated carbocycles. The van der Waals surface area contributed by atoms with E-state index in [0.29, 0.717) is 6.54 Å². The predicted octanol–water partition coefficient (Wildman–Crippen LogP) is 0.722. The van der Waals surface area contributed by atoms with Crippen LogP contribution in [0.2, 0.25) is 0 Å². The van der Waals surface area contributed by atoms with E-state index in [1.807, 2.05) is 24.3 Å². The number of amides is 1. The van der Waals surface area contributed by atoms with Crippen LogP contribution in [0, 0.1) is 0 Å². The molecule has 2 aliphatic rings. The molecule has 1 saturated heterocycles. The zero-order valence-corrected chi connectivity index (χ0v) is 13.9. The fourth-order valence-corrected chi connectivity index (χ4v) is 3.16. The van der Waals surface area contributed by atoms with Gasteiger partial charge in [-0.05, 0) is 25.6 Å². The van der Waals surface area contributed by atoms with Gasteiger partial charge < -0.3 is 20.4 Å². The van der Waals surface area contributed by atoms with Gasteiger partial charge in [-0.1, -0.05) is 19.1 Å². The van der Waals surface area contributed by atoms with Crippen molar-refractivity contribution in [3.8, 4) is 0 Å². The third kappa shape index (κ3) is 3.09. The van der Waals surface area contributed by atoms with E-state index in [2.05, 4.69) is 28.8 Å². The van der Waals surface area contributed by atoms with Crippen molar-refractivity contribution >= 4 is 17.4 Å². The van der Waals surface area contributed by atoms with Crippen molar-refractivity contribution in [3.63, 3.8) is 0 Å². The second kappa shape index (κ2) is 6.68. The van der Waals surface area contributed by atoms with Crippen LogP contribution in [0.25, 0.3) is 0 Å². The summed E-state index contributed by atoms with van der Waals surface area (Å²) in [5.41, 5.74) is 8.01. The Balaban J connectivity index is 2.02. The van der Waals surface area contributed by atoms with Crippen LogP contribution in [-0.2, 0) is 4.79 Å². The highest BCUT2D eigenvalue weighted by Crippen LogP contribution is 2.27. The van der Waals surface area contributed by atoms with Gasteiger partial charge in [-0.3, -0.25) is 4.79 Å². The summed E-state index contributed by atoms with van der Waals surface area (Å²) in [5.74, 6) is 0.733. The van der Waals surface area contributed by atoms with Gasteiger partial charge in [0.05, 0.1) is 5.69 Å². The zero-order chi connectivity index (χ0) is 16.4. The molecule has 1 aromatic carbocycles. The highest BCUT2D eigenvalue weighted by atomic mass is 16.2. The van der Waals surface area contributed by atoms with Crippen LogP contribution in [0.15, 0.2) is 29.3 Å². The summed E-state index contributed by atoms with van der Waals surface area (Å²) in [6.45, 7) is 6.51. The monoisotopic (exact) mass is 315 g/mol. The first kappa shape index (κ1) is 16.0. The molecule has 124 valence electrons. The Labute approximate surface area is 137 Å². The van der Waals surface area contributed by atoms with Crippen LogP contribution in [0.3, 0.4) is 0 Å². The van der Waals surface area contributed by atoms with E-state index in [-0.39, 0.29) is 5.91 Å². The third-order valence-corrected chi connectivity index (χ3v) is 4.47. The Bertz CT molecular complexity index is 607. The highest BCUT2D eigenvalue weighted by Gasteiger charge is 2.31. The van der Waals surface area contributed by atoms with Crippen molar-refractivity contribution in [1.82, 2.24) is 9.80 Å². The molecule has 0 bridgehead atoms. The van der Waals surface area contributed by atoms with E-state index < -0.39 is 6.17 Å². The zero-order valence-electron chi connectivity index (χ0n) is 13.9. The number of nitrogens with two attached hydrogens (primary N) is 1. The average molecular weight is 315 g/mol. The molecule has 1 amide bonds. The van der Waals surface area contributed by atoms with Crippen LogP contribution in [-0.4, -0.2) is 67.5 Å². The van der Waals surface area contributed by atoms with Crippen molar-refractivity contribution in [2.75, 3.05) is 44.7 Å². The van der Waals surface area contributed by atoms with Gasteiger partial charge >= 0.3 is 0 Å². The lowest BCUT2D eigenvalue weighted by atomic mass is 10.1. The number of likely N-dealkylation sites (N-methyl/N-ethyl adjacent to an activating group) is 1. The number of benzene rings is 1. The van der Waals surface area contributed by atoms with Gasteiger partial charge in [0.15, 0.2) is 6.17 Å². The number of anilines is 1. The molecule has 0 radical (unpaired) electrons. The Morgan fingerprint density at radius 3 is 2.61 bits per heavy atom. The van der Waals surface area contributed by atoms with Crippen LogP contribution in [0.5, 0.6) is 0 Å². The lowest BCUT2D eigenvalue weighted by molar-refractivity contribution is -0.119. The van der Waals surface area contributed by atoms with E-state index >= 15 is 0 Å². The summed E-state index contributed by atoms with van der Waals surface area (Å²) >= 11 is 0. The van der Waals surface area contributed by atoms with Gasteiger partial charge in [-0.25, -0.2) is 4.99 Å². The number of para-hydroxylation sites is 1. The summed E-state index contributed by atoms with van der Waals surface area (Å²) in [6, 6.07) is 8.00. The maximum atomic E-state index is 12.6. The quantitative estimate of drug-likeness (QED) is 0.873. The fourth-order valence-electron chi connectivity index (χ4n) is 3.16. The number of aliphatic imine (C=N–C) groups is 1. The molecule has 1 fully saturated rings. The number of fused-ring (bicyclic) bond motifs is 1. The van der Waals surface area contributed by atoms with Crippen LogP contribution < -0.4 is 10.6 Å². The number of nitrogens with zero attached hydrogens (tertiary/aromatic N) is 4. The molecule has 1 atom stereocenters. The molecule has 1 aromatic rings. The summed E-state index contributed by atoms with van der Waals surface area (Å²) in [4.78, 5) is 23.6. The molecular weight excluding hydrogens is 290 g/mol. The van der Waals surface area contributed by atoms with Crippen molar-refractivity contribution < 1.29 is 4.79 Å². The molecule has 0 aliphatic carbocycles. The molecule has 2 aliphatic heterocycles. The molecule has 0 aromatic heterocycles. The maximum absolute atomic E-state index is 12.6. The molecule has 6 nitrogen and oxygen atoms in total. The van der Waals surface area contributed by atoms with Crippen molar-refractivity contribution in [1.29, 1.82) is 0 Å². The lowest BCUT2D eigenvalue weighted by Gasteiger charge is -2.35. The Morgan fingerprint density at radius 2 is 1.91 bits per heavy atom. The normalized spacial score (nSPS) is 22.7. The summed E-state index contributed by atoms with van der Waals surface area (Å²) in [5, 5.41) is 0. The van der Waals surface area contributed by atoms with Gasteiger partial charge in [-0.15, -0.1) is 0 Å². The molecule has 1 unspecified atom stereocenters. The first-order valence-corrected chi connectivity index (χ1v) is 8.29. The van der Waals surface area contributed by atoms with Gasteiger partial charge in [0, 0.05) is 38.3 Å². The molecule has 23 heavy (non-hydrogen) atoms. The maximum Gasteiger partial charge on any atom is 0.266 e. The van der Waals surface area contributed by atoms with E-state index in [0.717, 1.165) is 49.7 Å². The minimum atomic E-state index is -0.830. The second-order valence-corrected chi connectivity index (χ2v) is 6.19. The molecule has 0 spiro atoms. The average Bonchev–Trinajstić information content (AvgIpc) is 2.67. The van der Waals surface area contributed by atoms with Crippen molar-refractivity contribution in [3.05, 3.63) is 29.8 Å². The van der Waals surface area contributed by atoms with E-state index in [9.17, 15) is 4.79 Å². The Kier molecular flexibility index (Phi) is 4.63. The molecular formula is C17H25N5O. The summed E-state index contributed by atoms with van der Waals surface area (Å²) in [6.07, 6.45) is 0.0556. The number of amidine groups is 1. The molecule has 3 rings (SSSR count). The molecule has 2 heterocycles. The summed E-state index contributed by atoms with van der Waals surface area (Å²) in [7, 11) is 2.12. The number of carbonyl (C=O) groups excluding carboxylic acids is 1. The Hall–Kier alpha value is -1.92. The third-order valence-electron chi connectivity index (χ3n) is 4.47. The van der Waals surface area contributed by atoms with Gasteiger partial charge in [-0.2, -0.15) is 0 Å². The van der Waals surface area contributed by atoms with Crippen LogP contribution in [0.4, 0.5) is 5.69 Å². The number of benzodiazepines with no additional fused rings is 1. The second-order valence-electron chi connectivity index (χ2n) is 6.19. The van der Waals surface area contributed by atoms with E-state index in [4.69, 9.17) is 5.73 Å². The SMILES string of the molecule is CCCN1C(=O)C(N)N=C(N2CCN(C)CC2)c2ccccc21. The van der Waals surface area contributed by atoms with Crippen molar-refractivity contribution in [2.45, 2.75) is 19.5 Å². The van der Waals surface area contributed by atoms with Gasteiger partial charge in [0.2, 0.25) is 0 Å². The number of piperazine rings is 1. The number of hydrogen-bond acceptors (Lipinski definition) is 5. The van der Waals surface area contributed by atoms with E-state index in [1.165, 1.54) is 0 Å². The smallest absolute Gasteiger partial charge is 0.266 e. The largest absolute Gasteiger partial charge is 0.354 e. The Morgan fingerprint density at radius 1 is 1.22 bits per heavy atom. The number of rotatable bonds is 2. The minimum absolute atomic E-state index is 0.122. The standard InChI is InChI=1S/C17H25N5O/c1-3-8-22-14-7-5-4-6-13(14)16(19-15(18)17(22)23)21-11-9-20(2)10-12-21/h4-7,15H,3,8-12,18H2,1-2H3. The van der Waals surface area contributed by atoms with Crippen LogP contribution >= 0.6 is 0 Å². The molecule has 2 N–H and O–H groups in total. The number of carbonyl (C=O) groups is 1.